The number of fused-ring (bicyclic) bond motifs is 3. The summed E-state index contributed by atoms with van der Waals surface area (Å²) in [4.78, 5) is 12.7. The molecule has 208 valence electrons. The van der Waals surface area contributed by atoms with Crippen LogP contribution in [0, 0.1) is 17.8 Å². The second-order valence-corrected chi connectivity index (χ2v) is 11.1. The third-order valence-electron chi connectivity index (χ3n) is 7.55. The number of rotatable bonds is 4. The molecule has 0 saturated carbocycles. The first-order valence-electron chi connectivity index (χ1n) is 13.8. The normalized spacial score (nSPS) is 37.6. The average molecular weight is 527 g/mol. The Balaban J connectivity index is 1.48. The maximum absolute atomic E-state index is 12.7. The summed E-state index contributed by atoms with van der Waals surface area (Å²) < 4.78 is 29.4. The Bertz CT molecular complexity index is 986. The minimum Gasteiger partial charge on any atom is -0.450 e. The van der Waals surface area contributed by atoms with Crippen molar-refractivity contribution in [3.63, 3.8) is 0 Å². The fourth-order valence-corrected chi connectivity index (χ4v) is 5.56. The Labute approximate surface area is 226 Å². The van der Waals surface area contributed by atoms with Gasteiger partial charge < -0.3 is 28.8 Å². The SMILES string of the molecule is C=C1C[C@H](C)C[C@@H]2CC=C[C@@H](CC#CC(=O)O[C@H]([C@H](/C=C/[C@@H]3CC(C)=CCO3)OC)C[C@@H]3O[C@H]3[C@@H](O)C1)O2. The van der Waals surface area contributed by atoms with Gasteiger partial charge in [0.05, 0.1) is 37.1 Å². The third-order valence-corrected chi connectivity index (χ3v) is 7.55. The van der Waals surface area contributed by atoms with E-state index in [-0.39, 0.29) is 30.5 Å². The highest BCUT2D eigenvalue weighted by atomic mass is 16.6. The Morgan fingerprint density at radius 3 is 2.87 bits per heavy atom. The van der Waals surface area contributed by atoms with Crippen LogP contribution in [0.2, 0.25) is 0 Å². The van der Waals surface area contributed by atoms with Gasteiger partial charge in [-0.15, -0.1) is 0 Å². The van der Waals surface area contributed by atoms with Crippen molar-refractivity contribution >= 4 is 5.97 Å². The van der Waals surface area contributed by atoms with Crippen molar-refractivity contribution in [2.75, 3.05) is 13.7 Å². The summed E-state index contributed by atoms with van der Waals surface area (Å²) in [5.74, 6) is 5.33. The number of esters is 1. The zero-order valence-corrected chi connectivity index (χ0v) is 22.8. The van der Waals surface area contributed by atoms with Crippen molar-refractivity contribution in [2.45, 2.75) is 108 Å². The Hall–Kier alpha value is -2.21. The van der Waals surface area contributed by atoms with Crippen LogP contribution in [0.3, 0.4) is 0 Å². The molecule has 9 atom stereocenters. The number of aliphatic hydroxyl groups excluding tert-OH is 1. The van der Waals surface area contributed by atoms with E-state index in [0.29, 0.717) is 31.8 Å². The van der Waals surface area contributed by atoms with E-state index in [1.54, 1.807) is 7.11 Å². The highest BCUT2D eigenvalue weighted by molar-refractivity contribution is 5.88. The van der Waals surface area contributed by atoms with Gasteiger partial charge in [0.15, 0.2) is 0 Å². The number of ether oxygens (including phenoxy) is 5. The average Bonchev–Trinajstić information content (AvgIpc) is 3.63. The molecule has 0 aromatic heterocycles. The van der Waals surface area contributed by atoms with Gasteiger partial charge in [-0.3, -0.25) is 0 Å². The summed E-state index contributed by atoms with van der Waals surface area (Å²) in [5.41, 5.74) is 2.28. The van der Waals surface area contributed by atoms with Crippen LogP contribution >= 0.6 is 0 Å². The summed E-state index contributed by atoms with van der Waals surface area (Å²) >= 11 is 0. The van der Waals surface area contributed by atoms with Gasteiger partial charge in [-0.05, 0) is 44.9 Å². The van der Waals surface area contributed by atoms with Crippen LogP contribution in [0.25, 0.3) is 0 Å². The first-order chi connectivity index (χ1) is 18.3. The van der Waals surface area contributed by atoms with E-state index in [1.807, 2.05) is 18.2 Å². The fraction of sp³-hybridized carbons (Fsp3) is 0.645. The molecule has 1 saturated heterocycles. The van der Waals surface area contributed by atoms with Gasteiger partial charge in [-0.2, -0.15) is 0 Å². The smallest absolute Gasteiger partial charge is 0.384 e. The van der Waals surface area contributed by atoms with E-state index in [0.717, 1.165) is 31.3 Å². The number of hydrogen-bond donors (Lipinski definition) is 1. The maximum atomic E-state index is 12.7. The quantitative estimate of drug-likeness (QED) is 0.193. The molecule has 0 unspecified atom stereocenters. The molecule has 4 aliphatic rings. The summed E-state index contributed by atoms with van der Waals surface area (Å²) in [7, 11) is 1.58. The molecule has 0 aromatic carbocycles. The monoisotopic (exact) mass is 526 g/mol. The van der Waals surface area contributed by atoms with Crippen molar-refractivity contribution in [3.8, 4) is 11.8 Å². The first kappa shape index (κ1) is 28.8. The predicted molar refractivity (Wildman–Crippen MR) is 144 cm³/mol. The largest absolute Gasteiger partial charge is 0.450 e. The number of methoxy groups -OCH3 is 1. The molecule has 4 heterocycles. The lowest BCUT2D eigenvalue weighted by Crippen LogP contribution is -2.34. The lowest BCUT2D eigenvalue weighted by Gasteiger charge is -2.27. The van der Waals surface area contributed by atoms with Gasteiger partial charge in [0.1, 0.15) is 18.3 Å². The number of carbonyl (C=O) groups excluding carboxylic acids is 1. The van der Waals surface area contributed by atoms with Crippen molar-refractivity contribution in [2.24, 2.45) is 5.92 Å². The van der Waals surface area contributed by atoms with Crippen molar-refractivity contribution in [3.05, 3.63) is 48.1 Å². The van der Waals surface area contributed by atoms with Crippen LogP contribution in [0.5, 0.6) is 0 Å². The molecular formula is C31H42O7. The summed E-state index contributed by atoms with van der Waals surface area (Å²) in [6.45, 7) is 9.07. The second-order valence-electron chi connectivity index (χ2n) is 11.1. The highest BCUT2D eigenvalue weighted by Gasteiger charge is 2.47. The van der Waals surface area contributed by atoms with Gasteiger partial charge in [-0.1, -0.05) is 60.9 Å². The van der Waals surface area contributed by atoms with Gasteiger partial charge >= 0.3 is 5.97 Å². The van der Waals surface area contributed by atoms with Crippen LogP contribution < -0.4 is 0 Å². The number of hydrogen-bond acceptors (Lipinski definition) is 7. The van der Waals surface area contributed by atoms with Gasteiger partial charge in [0, 0.05) is 25.9 Å². The van der Waals surface area contributed by atoms with Crippen molar-refractivity contribution in [1.82, 2.24) is 0 Å². The summed E-state index contributed by atoms with van der Waals surface area (Å²) in [6, 6.07) is 0. The molecule has 1 fully saturated rings. The van der Waals surface area contributed by atoms with Crippen LogP contribution in [-0.2, 0) is 28.5 Å². The zero-order valence-electron chi connectivity index (χ0n) is 22.8. The molecule has 0 aliphatic carbocycles. The molecule has 2 bridgehead atoms. The van der Waals surface area contributed by atoms with Crippen LogP contribution in [0.15, 0.2) is 48.1 Å². The Morgan fingerprint density at radius 1 is 1.24 bits per heavy atom. The molecule has 7 heteroatoms. The van der Waals surface area contributed by atoms with Crippen LogP contribution in [0.4, 0.5) is 0 Å². The second kappa shape index (κ2) is 13.7. The minimum absolute atomic E-state index is 0.0557. The minimum atomic E-state index is -0.657. The number of carbonyl (C=O) groups is 1. The number of cyclic esters (lactones) is 1. The third kappa shape index (κ3) is 8.65. The Kier molecular flexibility index (Phi) is 10.4. The standard InChI is InChI=1S/C31H42O7/c1-20-13-14-35-24(16-20)11-12-27(34-4)28-19-29-31(38-29)26(32)18-22(3)15-21(2)17-25-9-5-7-23(36-25)8-6-10-30(33)37-28/h5,7,11-13,21,23-29,31-32H,3,8-9,14-19H2,1-2,4H3/b12-11+/t21-,23-,24+,25-,26-,27-,28-,29-,31-/m0/s1. The molecule has 4 aliphatic heterocycles. The zero-order chi connectivity index (χ0) is 27.1. The number of epoxide rings is 1. The van der Waals surface area contributed by atoms with Gasteiger partial charge in [-0.25, -0.2) is 4.79 Å². The van der Waals surface area contributed by atoms with E-state index in [1.165, 1.54) is 5.57 Å². The van der Waals surface area contributed by atoms with Crippen molar-refractivity contribution < 1.29 is 33.6 Å². The van der Waals surface area contributed by atoms with E-state index >= 15 is 0 Å². The first-order valence-corrected chi connectivity index (χ1v) is 13.8. The van der Waals surface area contributed by atoms with Crippen LogP contribution in [-0.4, -0.2) is 73.6 Å². The molecule has 1 N–H and O–H groups in total. The van der Waals surface area contributed by atoms with E-state index in [9.17, 15) is 9.90 Å². The molecule has 0 radical (unpaired) electrons. The summed E-state index contributed by atoms with van der Waals surface area (Å²) in [6.07, 6.45) is 12.3. The van der Waals surface area contributed by atoms with Gasteiger partial charge in [0.2, 0.25) is 0 Å². The molecule has 38 heavy (non-hydrogen) atoms. The molecule has 0 amide bonds. The fourth-order valence-electron chi connectivity index (χ4n) is 5.56. The predicted octanol–water partition coefficient (Wildman–Crippen LogP) is 4.21. The lowest BCUT2D eigenvalue weighted by molar-refractivity contribution is -0.147. The lowest BCUT2D eigenvalue weighted by atomic mass is 9.91. The van der Waals surface area contributed by atoms with Gasteiger partial charge in [0.25, 0.3) is 0 Å². The van der Waals surface area contributed by atoms with E-state index in [4.69, 9.17) is 23.7 Å². The van der Waals surface area contributed by atoms with Crippen LogP contribution in [0.1, 0.15) is 58.8 Å². The summed E-state index contributed by atoms with van der Waals surface area (Å²) in [5, 5.41) is 10.8. The molecule has 7 nitrogen and oxygen atoms in total. The topological polar surface area (TPSA) is 86.8 Å². The molecular weight excluding hydrogens is 484 g/mol. The molecule has 0 aromatic rings. The molecule has 4 rings (SSSR count). The molecule has 0 spiro atoms. The van der Waals surface area contributed by atoms with E-state index < -0.39 is 24.3 Å². The number of aliphatic hydroxyl groups is 1. The van der Waals surface area contributed by atoms with E-state index in [2.05, 4.69) is 44.4 Å². The maximum Gasteiger partial charge on any atom is 0.384 e. The van der Waals surface area contributed by atoms with Crippen molar-refractivity contribution in [1.29, 1.82) is 0 Å². The highest BCUT2D eigenvalue weighted by Crippen LogP contribution is 2.35. The Morgan fingerprint density at radius 2 is 2.08 bits per heavy atom.